The average molecular weight is 378 g/mol. The van der Waals surface area contributed by atoms with Gasteiger partial charge >= 0.3 is 0 Å². The Hall–Kier alpha value is -1.60. The van der Waals surface area contributed by atoms with Gasteiger partial charge < -0.3 is 9.47 Å². The highest BCUT2D eigenvalue weighted by molar-refractivity contribution is 8.00. The number of aromatic nitrogens is 1. The van der Waals surface area contributed by atoms with Crippen molar-refractivity contribution in [2.24, 2.45) is 4.99 Å². The first kappa shape index (κ1) is 18.2. The fourth-order valence-corrected chi connectivity index (χ4v) is 4.90. The number of hydrogen-bond donors (Lipinski definition) is 0. The van der Waals surface area contributed by atoms with Crippen LogP contribution in [0.1, 0.15) is 25.3 Å². The zero-order valence-electron chi connectivity index (χ0n) is 14.7. The number of likely N-dealkylation sites (tertiary alicyclic amines) is 1. The highest BCUT2D eigenvalue weighted by Gasteiger charge is 2.17. The maximum Gasteiger partial charge on any atom is 0.258 e. The molecule has 2 amide bonds. The van der Waals surface area contributed by atoms with E-state index in [1.807, 2.05) is 4.90 Å². The van der Waals surface area contributed by atoms with Crippen LogP contribution in [0.3, 0.4) is 0 Å². The molecule has 1 aliphatic heterocycles. The molecule has 0 unspecified atom stereocenters. The zero-order chi connectivity index (χ0) is 17.8. The van der Waals surface area contributed by atoms with Crippen molar-refractivity contribution < 1.29 is 9.59 Å². The Morgan fingerprint density at radius 2 is 2.00 bits per heavy atom. The second kappa shape index (κ2) is 8.19. The van der Waals surface area contributed by atoms with Crippen LogP contribution in [0.5, 0.6) is 0 Å². The SMILES string of the molecule is CCn1c(=NC(=O)CSCC(=O)N2CCCC2)sc2cc(C)ccc21. The Labute approximate surface area is 155 Å². The average Bonchev–Trinajstić information content (AvgIpc) is 3.21. The minimum Gasteiger partial charge on any atom is -0.342 e. The normalized spacial score (nSPS) is 15.3. The van der Waals surface area contributed by atoms with Gasteiger partial charge in [-0.2, -0.15) is 4.99 Å². The molecule has 1 aliphatic rings. The lowest BCUT2D eigenvalue weighted by Gasteiger charge is -2.14. The van der Waals surface area contributed by atoms with Crippen molar-refractivity contribution in [2.75, 3.05) is 24.6 Å². The molecule has 0 spiro atoms. The predicted octanol–water partition coefficient (Wildman–Crippen LogP) is 2.81. The number of rotatable bonds is 5. The molecule has 0 saturated carbocycles. The van der Waals surface area contributed by atoms with Gasteiger partial charge in [0, 0.05) is 19.6 Å². The summed E-state index contributed by atoms with van der Waals surface area (Å²) in [7, 11) is 0. The number of hydrogen-bond acceptors (Lipinski definition) is 4. The highest BCUT2D eigenvalue weighted by Crippen LogP contribution is 2.19. The van der Waals surface area contributed by atoms with Gasteiger partial charge in [-0.15, -0.1) is 11.8 Å². The maximum atomic E-state index is 12.2. The minimum absolute atomic E-state index is 0.135. The molecular formula is C18H23N3O2S2. The molecule has 134 valence electrons. The van der Waals surface area contributed by atoms with E-state index in [0.717, 1.165) is 47.5 Å². The molecule has 2 heterocycles. The standard InChI is InChI=1S/C18H23N3O2S2/c1-3-21-14-7-6-13(2)10-15(14)25-18(21)19-16(22)11-24-12-17(23)20-8-4-5-9-20/h6-7,10H,3-5,8-9,11-12H2,1-2H3. The van der Waals surface area contributed by atoms with E-state index in [-0.39, 0.29) is 17.6 Å². The maximum absolute atomic E-state index is 12.2. The quantitative estimate of drug-likeness (QED) is 0.805. The fourth-order valence-electron chi connectivity index (χ4n) is 2.99. The number of benzene rings is 1. The van der Waals surface area contributed by atoms with E-state index in [4.69, 9.17) is 0 Å². The van der Waals surface area contributed by atoms with Gasteiger partial charge in [-0.3, -0.25) is 9.59 Å². The van der Waals surface area contributed by atoms with Crippen LogP contribution in [0.2, 0.25) is 0 Å². The summed E-state index contributed by atoms with van der Waals surface area (Å²) < 4.78 is 3.21. The van der Waals surface area contributed by atoms with E-state index >= 15 is 0 Å². The molecule has 1 fully saturated rings. The van der Waals surface area contributed by atoms with Crippen LogP contribution in [-0.4, -0.2) is 45.9 Å². The molecule has 0 N–H and O–H groups in total. The number of thiazole rings is 1. The monoisotopic (exact) mass is 377 g/mol. The molecule has 2 aromatic rings. The third-order valence-electron chi connectivity index (χ3n) is 4.28. The van der Waals surface area contributed by atoms with Gasteiger partial charge in [-0.1, -0.05) is 17.4 Å². The van der Waals surface area contributed by atoms with E-state index in [2.05, 4.69) is 41.6 Å². The molecule has 25 heavy (non-hydrogen) atoms. The lowest BCUT2D eigenvalue weighted by atomic mass is 10.2. The van der Waals surface area contributed by atoms with Crippen molar-refractivity contribution in [2.45, 2.75) is 33.2 Å². The van der Waals surface area contributed by atoms with Crippen molar-refractivity contribution in [3.63, 3.8) is 0 Å². The number of thioether (sulfide) groups is 1. The van der Waals surface area contributed by atoms with Gasteiger partial charge in [-0.05, 0) is 44.4 Å². The van der Waals surface area contributed by atoms with Gasteiger partial charge in [0.25, 0.3) is 5.91 Å². The second-order valence-electron chi connectivity index (χ2n) is 6.19. The summed E-state index contributed by atoms with van der Waals surface area (Å²) in [6.45, 7) is 6.60. The van der Waals surface area contributed by atoms with Crippen LogP contribution < -0.4 is 4.80 Å². The Morgan fingerprint density at radius 1 is 1.24 bits per heavy atom. The second-order valence-corrected chi connectivity index (χ2v) is 8.18. The molecule has 5 nitrogen and oxygen atoms in total. The molecule has 3 rings (SSSR count). The van der Waals surface area contributed by atoms with E-state index < -0.39 is 0 Å². The number of aryl methyl sites for hydroxylation is 2. The van der Waals surface area contributed by atoms with E-state index in [9.17, 15) is 9.59 Å². The van der Waals surface area contributed by atoms with Crippen LogP contribution in [0.4, 0.5) is 0 Å². The van der Waals surface area contributed by atoms with Gasteiger partial charge in [0.15, 0.2) is 4.80 Å². The van der Waals surface area contributed by atoms with Crippen LogP contribution in [0.15, 0.2) is 23.2 Å². The first-order chi connectivity index (χ1) is 12.1. The molecule has 1 aromatic heterocycles. The Kier molecular flexibility index (Phi) is 5.96. The highest BCUT2D eigenvalue weighted by atomic mass is 32.2. The third-order valence-corrected chi connectivity index (χ3v) is 6.23. The van der Waals surface area contributed by atoms with E-state index in [0.29, 0.717) is 5.75 Å². The van der Waals surface area contributed by atoms with E-state index in [1.54, 1.807) is 11.3 Å². The molecule has 7 heteroatoms. The van der Waals surface area contributed by atoms with E-state index in [1.165, 1.54) is 17.3 Å². The largest absolute Gasteiger partial charge is 0.342 e. The summed E-state index contributed by atoms with van der Waals surface area (Å²) in [6, 6.07) is 6.28. The molecular weight excluding hydrogens is 354 g/mol. The summed E-state index contributed by atoms with van der Waals surface area (Å²) in [6.07, 6.45) is 2.18. The first-order valence-electron chi connectivity index (χ1n) is 8.61. The number of amides is 2. The number of carbonyl (C=O) groups excluding carboxylic acids is 2. The minimum atomic E-state index is -0.176. The Morgan fingerprint density at radius 3 is 2.72 bits per heavy atom. The summed E-state index contributed by atoms with van der Waals surface area (Å²) >= 11 is 2.90. The molecule has 1 aromatic carbocycles. The van der Waals surface area contributed by atoms with Crippen molar-refractivity contribution in [1.82, 2.24) is 9.47 Å². The van der Waals surface area contributed by atoms with Gasteiger partial charge in [0.2, 0.25) is 5.91 Å². The fraction of sp³-hybridized carbons (Fsp3) is 0.500. The molecule has 0 bridgehead atoms. The van der Waals surface area contributed by atoms with Gasteiger partial charge in [-0.25, -0.2) is 0 Å². The van der Waals surface area contributed by atoms with Crippen molar-refractivity contribution >= 4 is 45.1 Å². The topological polar surface area (TPSA) is 54.7 Å². The number of fused-ring (bicyclic) bond motifs is 1. The summed E-state index contributed by atoms with van der Waals surface area (Å²) in [5, 5.41) is 0. The van der Waals surface area contributed by atoms with Gasteiger partial charge in [0.1, 0.15) is 0 Å². The molecule has 1 saturated heterocycles. The van der Waals surface area contributed by atoms with Crippen molar-refractivity contribution in [3.8, 4) is 0 Å². The zero-order valence-corrected chi connectivity index (χ0v) is 16.3. The summed E-state index contributed by atoms with van der Waals surface area (Å²) in [5.41, 5.74) is 2.31. The molecule has 0 radical (unpaired) electrons. The summed E-state index contributed by atoms with van der Waals surface area (Å²) in [4.78, 5) is 31.1. The lowest BCUT2D eigenvalue weighted by Crippen LogP contribution is -2.29. The first-order valence-corrected chi connectivity index (χ1v) is 10.6. The van der Waals surface area contributed by atoms with Crippen LogP contribution in [-0.2, 0) is 16.1 Å². The van der Waals surface area contributed by atoms with Gasteiger partial charge in [0.05, 0.1) is 21.7 Å². The van der Waals surface area contributed by atoms with Crippen molar-refractivity contribution in [3.05, 3.63) is 28.6 Å². The van der Waals surface area contributed by atoms with Crippen molar-refractivity contribution in [1.29, 1.82) is 0 Å². The third kappa shape index (κ3) is 4.33. The van der Waals surface area contributed by atoms with Crippen LogP contribution >= 0.6 is 23.1 Å². The van der Waals surface area contributed by atoms with Crippen LogP contribution in [0.25, 0.3) is 10.2 Å². The summed E-state index contributed by atoms with van der Waals surface area (Å²) in [5.74, 6) is 0.568. The number of nitrogens with zero attached hydrogens (tertiary/aromatic N) is 3. The Bertz CT molecular complexity index is 848. The smallest absolute Gasteiger partial charge is 0.258 e. The Balaban J connectivity index is 1.66. The molecule has 0 atom stereocenters. The van der Waals surface area contributed by atoms with Crippen LogP contribution in [0, 0.1) is 6.92 Å². The number of carbonyl (C=O) groups is 2. The molecule has 0 aliphatic carbocycles. The lowest BCUT2D eigenvalue weighted by molar-refractivity contribution is -0.127. The predicted molar refractivity (Wildman–Crippen MR) is 104 cm³/mol.